The van der Waals surface area contributed by atoms with E-state index in [4.69, 9.17) is 20.8 Å². The topological polar surface area (TPSA) is 106 Å². The molecule has 4 aromatic rings. The normalized spacial score (nSPS) is 12.0. The second-order valence-corrected chi connectivity index (χ2v) is 8.50. The zero-order valence-electron chi connectivity index (χ0n) is 19.3. The Kier molecular flexibility index (Phi) is 6.68. The summed E-state index contributed by atoms with van der Waals surface area (Å²) in [6.07, 6.45) is 3.52. The van der Waals surface area contributed by atoms with Crippen molar-refractivity contribution in [3.8, 4) is 17.4 Å². The summed E-state index contributed by atoms with van der Waals surface area (Å²) in [5, 5.41) is 17.8. The third-order valence-corrected chi connectivity index (χ3v) is 5.83. The molecular weight excluding hydrogens is 454 g/mol. The fourth-order valence-corrected chi connectivity index (χ4v) is 4.05. The summed E-state index contributed by atoms with van der Waals surface area (Å²) in [4.78, 5) is 17.4. The highest BCUT2D eigenvalue weighted by atomic mass is 35.5. The number of benzene rings is 1. The van der Waals surface area contributed by atoms with E-state index in [9.17, 15) is 10.1 Å². The smallest absolute Gasteiger partial charge is 0.196 e. The summed E-state index contributed by atoms with van der Waals surface area (Å²) in [6, 6.07) is 8.90. The van der Waals surface area contributed by atoms with Crippen LogP contribution in [-0.4, -0.2) is 28.5 Å². The van der Waals surface area contributed by atoms with E-state index in [1.165, 1.54) is 0 Å². The van der Waals surface area contributed by atoms with Gasteiger partial charge in [-0.05, 0) is 44.5 Å². The van der Waals surface area contributed by atoms with Crippen LogP contribution >= 0.6 is 11.6 Å². The third-order valence-electron chi connectivity index (χ3n) is 5.62. The minimum atomic E-state index is -0.291. The second kappa shape index (κ2) is 9.67. The average Bonchev–Trinajstić information content (AvgIpc) is 3.29. The predicted molar refractivity (Wildman–Crippen MR) is 131 cm³/mol. The minimum Gasteiger partial charge on any atom is -0.455 e. The van der Waals surface area contributed by atoms with Crippen LogP contribution in [0, 0.1) is 25.2 Å². The molecule has 1 atom stereocenters. The third kappa shape index (κ3) is 4.53. The first-order valence-corrected chi connectivity index (χ1v) is 11.1. The molecule has 0 aliphatic carbocycles. The summed E-state index contributed by atoms with van der Waals surface area (Å²) in [6.45, 7) is 6.75. The van der Waals surface area contributed by atoms with Crippen molar-refractivity contribution >= 4 is 28.3 Å². The number of nitrogens with one attached hydrogen (secondary N) is 1. The molecule has 0 bridgehead atoms. The molecule has 4 rings (SSSR count). The van der Waals surface area contributed by atoms with Crippen molar-refractivity contribution in [2.75, 3.05) is 19.0 Å². The Morgan fingerprint density at radius 2 is 2.12 bits per heavy atom. The van der Waals surface area contributed by atoms with Crippen LogP contribution in [0.3, 0.4) is 0 Å². The highest BCUT2D eigenvalue weighted by molar-refractivity contribution is 6.29. The Bertz CT molecular complexity index is 1470. The molecule has 0 saturated carbocycles. The fourth-order valence-electron chi connectivity index (χ4n) is 3.90. The maximum absolute atomic E-state index is 13.3. The first-order chi connectivity index (χ1) is 16.3. The van der Waals surface area contributed by atoms with Gasteiger partial charge in [0.2, 0.25) is 0 Å². The van der Waals surface area contributed by atoms with Crippen LogP contribution < -0.4 is 10.7 Å². The number of hydrogen-bond donors (Lipinski definition) is 1. The number of aromatic nitrogens is 3. The Balaban J connectivity index is 1.82. The van der Waals surface area contributed by atoms with Crippen LogP contribution in [0.1, 0.15) is 35.3 Å². The maximum atomic E-state index is 13.3. The van der Waals surface area contributed by atoms with Gasteiger partial charge in [0, 0.05) is 24.4 Å². The van der Waals surface area contributed by atoms with Gasteiger partial charge in [0.25, 0.3) is 0 Å². The van der Waals surface area contributed by atoms with Crippen LogP contribution in [-0.2, 0) is 11.3 Å². The lowest BCUT2D eigenvalue weighted by molar-refractivity contribution is 0.183. The zero-order chi connectivity index (χ0) is 24.4. The molecule has 0 aliphatic heterocycles. The summed E-state index contributed by atoms with van der Waals surface area (Å²) < 4.78 is 13.2. The molecule has 1 aromatic carbocycles. The molecule has 0 saturated heterocycles. The largest absolute Gasteiger partial charge is 0.455 e. The molecule has 0 radical (unpaired) electrons. The Hall–Kier alpha value is -3.67. The van der Waals surface area contributed by atoms with Crippen molar-refractivity contribution in [1.82, 2.24) is 14.8 Å². The first-order valence-electron chi connectivity index (χ1n) is 10.7. The fraction of sp³-hybridized carbons (Fsp3) is 0.280. The van der Waals surface area contributed by atoms with Gasteiger partial charge in [-0.3, -0.25) is 9.48 Å². The van der Waals surface area contributed by atoms with Gasteiger partial charge >= 0.3 is 0 Å². The molecule has 34 heavy (non-hydrogen) atoms. The number of pyridine rings is 1. The number of fused-ring (bicyclic) bond motifs is 1. The number of nitrogens with zero attached hydrogens (tertiary/aromatic N) is 4. The molecule has 174 valence electrons. The van der Waals surface area contributed by atoms with Gasteiger partial charge in [0.05, 0.1) is 42.0 Å². The van der Waals surface area contributed by atoms with E-state index >= 15 is 0 Å². The summed E-state index contributed by atoms with van der Waals surface area (Å²) in [5.74, 6) is 0.476. The molecule has 9 heteroatoms. The van der Waals surface area contributed by atoms with Gasteiger partial charge in [-0.2, -0.15) is 10.4 Å². The van der Waals surface area contributed by atoms with Crippen molar-refractivity contribution < 1.29 is 9.15 Å². The summed E-state index contributed by atoms with van der Waals surface area (Å²) in [5.41, 5.74) is 4.08. The van der Waals surface area contributed by atoms with Gasteiger partial charge in [-0.25, -0.2) is 4.98 Å². The molecule has 0 amide bonds. The number of rotatable bonds is 7. The van der Waals surface area contributed by atoms with E-state index in [0.717, 1.165) is 11.1 Å². The maximum Gasteiger partial charge on any atom is 0.196 e. The predicted octanol–water partition coefficient (Wildman–Crippen LogP) is 5.01. The Labute approximate surface area is 201 Å². The quantitative estimate of drug-likeness (QED) is 0.373. The van der Waals surface area contributed by atoms with Crippen molar-refractivity contribution in [2.45, 2.75) is 33.4 Å². The lowest BCUT2D eigenvalue weighted by atomic mass is 9.99. The number of anilines is 1. The Morgan fingerprint density at radius 3 is 2.85 bits per heavy atom. The number of hydrogen-bond acceptors (Lipinski definition) is 7. The number of methoxy groups -OCH3 is 1. The van der Waals surface area contributed by atoms with E-state index in [2.05, 4.69) is 21.5 Å². The van der Waals surface area contributed by atoms with E-state index in [1.807, 2.05) is 32.2 Å². The van der Waals surface area contributed by atoms with Crippen LogP contribution in [0.4, 0.5) is 5.69 Å². The van der Waals surface area contributed by atoms with Gasteiger partial charge in [-0.15, -0.1) is 0 Å². The van der Waals surface area contributed by atoms with Crippen LogP contribution in [0.25, 0.3) is 22.3 Å². The minimum absolute atomic E-state index is 0.0936. The van der Waals surface area contributed by atoms with Crippen molar-refractivity contribution in [3.63, 3.8) is 0 Å². The molecular formula is C25H24ClN5O3. The second-order valence-electron chi connectivity index (χ2n) is 8.11. The van der Waals surface area contributed by atoms with Crippen LogP contribution in [0.2, 0.25) is 5.15 Å². The van der Waals surface area contributed by atoms with Gasteiger partial charge < -0.3 is 14.5 Å². The molecule has 0 spiro atoms. The van der Waals surface area contributed by atoms with E-state index in [1.54, 1.807) is 37.0 Å². The van der Waals surface area contributed by atoms with Crippen LogP contribution in [0.5, 0.6) is 0 Å². The molecule has 0 aliphatic rings. The molecule has 1 N–H and O–H groups in total. The lowest BCUT2D eigenvalue weighted by Gasteiger charge is -2.19. The van der Waals surface area contributed by atoms with E-state index < -0.39 is 0 Å². The SMILES string of the molecule is COCCn1cc(-c2oc3c(C(C)Nc4ccc(Cl)nc4C#N)cc(C)cc3c(=O)c2C)cn1. The molecule has 8 nitrogen and oxygen atoms in total. The number of nitriles is 1. The molecule has 1 unspecified atom stereocenters. The summed E-state index contributed by atoms with van der Waals surface area (Å²) >= 11 is 5.93. The van der Waals surface area contributed by atoms with Crippen molar-refractivity contribution in [3.05, 3.63) is 74.4 Å². The van der Waals surface area contributed by atoms with Crippen LogP contribution in [0.15, 0.2) is 45.9 Å². The van der Waals surface area contributed by atoms with E-state index in [-0.39, 0.29) is 22.3 Å². The lowest BCUT2D eigenvalue weighted by Crippen LogP contribution is -2.13. The number of aryl methyl sites for hydroxylation is 1. The molecule has 3 heterocycles. The first kappa shape index (κ1) is 23.5. The zero-order valence-corrected chi connectivity index (χ0v) is 20.1. The van der Waals surface area contributed by atoms with Crippen molar-refractivity contribution in [2.24, 2.45) is 0 Å². The van der Waals surface area contributed by atoms with Crippen molar-refractivity contribution in [1.29, 1.82) is 5.26 Å². The highest BCUT2D eigenvalue weighted by Gasteiger charge is 2.20. The van der Waals surface area contributed by atoms with Gasteiger partial charge in [-0.1, -0.05) is 17.7 Å². The standard InChI is InChI=1S/C25H24ClN5O3/c1-14-9-18(16(3)29-20-5-6-22(26)30-21(20)11-27)25-19(10-14)23(32)15(2)24(34-25)17-12-28-31(13-17)7-8-33-4/h5-6,9-10,12-13,16,29H,7-8H2,1-4H3. The number of halogens is 1. The van der Waals surface area contributed by atoms with Gasteiger partial charge in [0.1, 0.15) is 22.6 Å². The molecule has 0 fully saturated rings. The Morgan fingerprint density at radius 1 is 1.32 bits per heavy atom. The molecule has 3 aromatic heterocycles. The number of ether oxygens (including phenoxy) is 1. The monoisotopic (exact) mass is 477 g/mol. The van der Waals surface area contributed by atoms with E-state index in [0.29, 0.717) is 46.7 Å². The summed E-state index contributed by atoms with van der Waals surface area (Å²) in [7, 11) is 1.63. The average molecular weight is 478 g/mol. The van der Waals surface area contributed by atoms with Gasteiger partial charge in [0.15, 0.2) is 11.1 Å². The highest BCUT2D eigenvalue weighted by Crippen LogP contribution is 2.32.